The first-order valence-corrected chi connectivity index (χ1v) is 8.70. The zero-order valence-corrected chi connectivity index (χ0v) is 13.0. The number of rotatable bonds is 7. The van der Waals surface area contributed by atoms with E-state index in [0.29, 0.717) is 25.1 Å². The van der Waals surface area contributed by atoms with Crippen LogP contribution >= 0.6 is 15.9 Å². The molecule has 1 saturated carbocycles. The van der Waals surface area contributed by atoms with Crippen molar-refractivity contribution in [3.63, 3.8) is 0 Å². The second-order valence-electron chi connectivity index (χ2n) is 4.75. The van der Waals surface area contributed by atoms with Gasteiger partial charge in [-0.2, -0.15) is 0 Å². The first-order valence-electron chi connectivity index (χ1n) is 6.26. The lowest BCUT2D eigenvalue weighted by Gasteiger charge is -2.10. The van der Waals surface area contributed by atoms with Gasteiger partial charge in [0.05, 0.1) is 15.9 Å². The number of anilines is 1. The second-order valence-corrected chi connectivity index (χ2v) is 7.45. The molecule has 0 radical (unpaired) electrons. The minimum Gasteiger partial charge on any atom is -0.314 e. The molecule has 8 heteroatoms. The van der Waals surface area contributed by atoms with E-state index in [1.807, 2.05) is 0 Å². The normalized spacial score (nSPS) is 15.3. The van der Waals surface area contributed by atoms with E-state index in [1.54, 1.807) is 0 Å². The Hall–Kier alpha value is -0.730. The Morgan fingerprint density at radius 3 is 2.60 bits per heavy atom. The fourth-order valence-corrected chi connectivity index (χ4v) is 3.14. The standard InChI is InChI=1S/C12H15BrF2N2O2S/c13-9-6-12(11(15)7-10(9)14)17-20(18,19)5-1-4-16-8-2-3-8/h6-8,16-17H,1-5H2. The van der Waals surface area contributed by atoms with Crippen LogP contribution in [-0.4, -0.2) is 26.8 Å². The molecule has 0 aromatic heterocycles. The Morgan fingerprint density at radius 1 is 1.25 bits per heavy atom. The summed E-state index contributed by atoms with van der Waals surface area (Å²) in [6.45, 7) is 0.612. The molecule has 0 saturated heterocycles. The van der Waals surface area contributed by atoms with Crippen LogP contribution in [0.1, 0.15) is 19.3 Å². The highest BCUT2D eigenvalue weighted by Crippen LogP contribution is 2.24. The number of halogens is 3. The molecule has 0 heterocycles. The zero-order valence-electron chi connectivity index (χ0n) is 10.6. The number of benzene rings is 1. The first kappa shape index (κ1) is 15.7. The van der Waals surface area contributed by atoms with Crippen LogP contribution in [0.15, 0.2) is 16.6 Å². The van der Waals surface area contributed by atoms with E-state index in [-0.39, 0.29) is 15.9 Å². The lowest BCUT2D eigenvalue weighted by molar-refractivity contribution is 0.578. The van der Waals surface area contributed by atoms with Gasteiger partial charge in [-0.25, -0.2) is 17.2 Å². The summed E-state index contributed by atoms with van der Waals surface area (Å²) in [5.74, 6) is -1.83. The van der Waals surface area contributed by atoms with Crippen LogP contribution in [-0.2, 0) is 10.0 Å². The smallest absolute Gasteiger partial charge is 0.232 e. The van der Waals surface area contributed by atoms with E-state index >= 15 is 0 Å². The van der Waals surface area contributed by atoms with Crippen molar-refractivity contribution in [3.8, 4) is 0 Å². The van der Waals surface area contributed by atoms with Gasteiger partial charge in [-0.15, -0.1) is 0 Å². The average Bonchev–Trinajstić information content (AvgIpc) is 3.15. The molecule has 0 spiro atoms. The molecule has 0 aliphatic heterocycles. The van der Waals surface area contributed by atoms with Gasteiger partial charge in [0, 0.05) is 12.1 Å². The predicted molar refractivity (Wildman–Crippen MR) is 77.1 cm³/mol. The minimum atomic E-state index is -3.64. The molecular formula is C12H15BrF2N2O2S. The van der Waals surface area contributed by atoms with E-state index < -0.39 is 21.7 Å². The summed E-state index contributed by atoms with van der Waals surface area (Å²) in [5, 5.41) is 3.20. The molecule has 0 unspecified atom stereocenters. The van der Waals surface area contributed by atoms with Gasteiger partial charge >= 0.3 is 0 Å². The van der Waals surface area contributed by atoms with Crippen LogP contribution in [0.3, 0.4) is 0 Å². The van der Waals surface area contributed by atoms with Crippen molar-refractivity contribution in [1.82, 2.24) is 5.32 Å². The van der Waals surface area contributed by atoms with Crippen molar-refractivity contribution >= 4 is 31.6 Å². The number of nitrogens with one attached hydrogen (secondary N) is 2. The molecule has 1 aromatic rings. The van der Waals surface area contributed by atoms with Crippen LogP contribution in [0.25, 0.3) is 0 Å². The van der Waals surface area contributed by atoms with E-state index in [4.69, 9.17) is 0 Å². The molecule has 0 atom stereocenters. The molecule has 1 aliphatic carbocycles. The van der Waals surface area contributed by atoms with Crippen LogP contribution in [0, 0.1) is 11.6 Å². The Labute approximate surface area is 125 Å². The van der Waals surface area contributed by atoms with Gasteiger partial charge < -0.3 is 5.32 Å². The molecule has 1 aromatic carbocycles. The molecule has 0 bridgehead atoms. The van der Waals surface area contributed by atoms with Gasteiger partial charge in [0.25, 0.3) is 0 Å². The van der Waals surface area contributed by atoms with Gasteiger partial charge in [0.1, 0.15) is 11.6 Å². The summed E-state index contributed by atoms with van der Waals surface area (Å²) in [6.07, 6.45) is 2.72. The van der Waals surface area contributed by atoms with Gasteiger partial charge in [0.2, 0.25) is 10.0 Å². The quantitative estimate of drug-likeness (QED) is 0.574. The third-order valence-electron chi connectivity index (χ3n) is 2.88. The van der Waals surface area contributed by atoms with Crippen LogP contribution in [0.5, 0.6) is 0 Å². The lowest BCUT2D eigenvalue weighted by atomic mass is 10.3. The molecule has 112 valence electrons. The van der Waals surface area contributed by atoms with Crippen molar-refractivity contribution in [2.24, 2.45) is 0 Å². The van der Waals surface area contributed by atoms with Gasteiger partial charge in [-0.05, 0) is 47.8 Å². The molecular weight excluding hydrogens is 354 g/mol. The maximum absolute atomic E-state index is 13.5. The van der Waals surface area contributed by atoms with Gasteiger partial charge in [-0.3, -0.25) is 4.72 Å². The Balaban J connectivity index is 1.91. The second kappa shape index (κ2) is 6.36. The predicted octanol–water partition coefficient (Wildman–Crippen LogP) is 2.61. The molecule has 2 N–H and O–H groups in total. The summed E-state index contributed by atoms with van der Waals surface area (Å²) >= 11 is 2.89. The van der Waals surface area contributed by atoms with E-state index in [0.717, 1.165) is 18.9 Å². The highest BCUT2D eigenvalue weighted by molar-refractivity contribution is 9.10. The number of sulfonamides is 1. The maximum atomic E-state index is 13.5. The summed E-state index contributed by atoms with van der Waals surface area (Å²) in [4.78, 5) is 0. The summed E-state index contributed by atoms with van der Waals surface area (Å²) in [6, 6.07) is 2.23. The summed E-state index contributed by atoms with van der Waals surface area (Å²) < 4.78 is 52.2. The highest BCUT2D eigenvalue weighted by atomic mass is 79.9. The van der Waals surface area contributed by atoms with Crippen molar-refractivity contribution in [2.45, 2.75) is 25.3 Å². The molecule has 1 fully saturated rings. The lowest BCUT2D eigenvalue weighted by Crippen LogP contribution is -2.23. The van der Waals surface area contributed by atoms with Crippen molar-refractivity contribution in [1.29, 1.82) is 0 Å². The molecule has 1 aliphatic rings. The van der Waals surface area contributed by atoms with Crippen LogP contribution in [0.2, 0.25) is 0 Å². The third kappa shape index (κ3) is 4.68. The Morgan fingerprint density at radius 2 is 1.95 bits per heavy atom. The van der Waals surface area contributed by atoms with Crippen LogP contribution in [0.4, 0.5) is 14.5 Å². The fourth-order valence-electron chi connectivity index (χ4n) is 1.68. The first-order chi connectivity index (χ1) is 9.37. The molecule has 0 amide bonds. The van der Waals surface area contributed by atoms with E-state index in [1.165, 1.54) is 0 Å². The van der Waals surface area contributed by atoms with Crippen molar-refractivity contribution in [3.05, 3.63) is 28.2 Å². The van der Waals surface area contributed by atoms with Crippen LogP contribution < -0.4 is 10.0 Å². The SMILES string of the molecule is O=S(=O)(CCCNC1CC1)Nc1cc(Br)c(F)cc1F. The zero-order chi connectivity index (χ0) is 14.8. The largest absolute Gasteiger partial charge is 0.314 e. The minimum absolute atomic E-state index is 0.00648. The number of hydrogen-bond donors (Lipinski definition) is 2. The topological polar surface area (TPSA) is 58.2 Å². The third-order valence-corrected chi connectivity index (χ3v) is 4.84. The number of hydrogen-bond acceptors (Lipinski definition) is 3. The van der Waals surface area contributed by atoms with Gasteiger partial charge in [-0.1, -0.05) is 0 Å². The summed E-state index contributed by atoms with van der Waals surface area (Å²) in [5.41, 5.74) is -0.256. The average molecular weight is 369 g/mol. The van der Waals surface area contributed by atoms with E-state index in [9.17, 15) is 17.2 Å². The van der Waals surface area contributed by atoms with Crippen molar-refractivity contribution in [2.75, 3.05) is 17.0 Å². The highest BCUT2D eigenvalue weighted by Gasteiger charge is 2.20. The maximum Gasteiger partial charge on any atom is 0.232 e. The summed E-state index contributed by atoms with van der Waals surface area (Å²) in [7, 11) is -3.64. The van der Waals surface area contributed by atoms with Crippen molar-refractivity contribution < 1.29 is 17.2 Å². The Kier molecular flexibility index (Phi) is 4.98. The fraction of sp³-hybridized carbons (Fsp3) is 0.500. The molecule has 20 heavy (non-hydrogen) atoms. The monoisotopic (exact) mass is 368 g/mol. The Bertz CT molecular complexity index is 591. The van der Waals surface area contributed by atoms with E-state index in [2.05, 4.69) is 26.0 Å². The molecule has 2 rings (SSSR count). The molecule has 4 nitrogen and oxygen atoms in total. The van der Waals surface area contributed by atoms with Gasteiger partial charge in [0.15, 0.2) is 0 Å².